The lowest BCUT2D eigenvalue weighted by Crippen LogP contribution is -2.17. The number of nitrogens with one attached hydrogen (secondary N) is 1. The van der Waals surface area contributed by atoms with Crippen molar-refractivity contribution in [2.24, 2.45) is 0 Å². The number of anilines is 1. The number of aromatic hydroxyl groups is 1. The van der Waals surface area contributed by atoms with Crippen LogP contribution in [-0.2, 0) is 4.74 Å². The molecule has 1 aromatic heterocycles. The summed E-state index contributed by atoms with van der Waals surface area (Å²) < 4.78 is 11.2. The van der Waals surface area contributed by atoms with Gasteiger partial charge >= 0.3 is 0 Å². The maximum Gasteiger partial charge on any atom is 0.255 e. The van der Waals surface area contributed by atoms with Crippen LogP contribution in [0.4, 0.5) is 5.69 Å². The first-order chi connectivity index (χ1) is 11.2. The van der Waals surface area contributed by atoms with E-state index in [1.54, 1.807) is 24.3 Å². The van der Waals surface area contributed by atoms with Gasteiger partial charge in [0.15, 0.2) is 5.75 Å². The molecule has 1 amide bonds. The van der Waals surface area contributed by atoms with Gasteiger partial charge in [-0.3, -0.25) is 9.78 Å². The van der Waals surface area contributed by atoms with Crippen LogP contribution >= 0.6 is 0 Å². The fourth-order valence-corrected chi connectivity index (χ4v) is 2.38. The highest BCUT2D eigenvalue weighted by Crippen LogP contribution is 2.22. The number of ether oxygens (including phenoxy) is 2. The molecule has 2 N–H and O–H groups in total. The molecule has 0 saturated carbocycles. The third kappa shape index (κ3) is 3.98. The van der Waals surface area contributed by atoms with Crippen molar-refractivity contribution in [3.63, 3.8) is 0 Å². The monoisotopic (exact) mass is 314 g/mol. The molecule has 2 aromatic rings. The van der Waals surface area contributed by atoms with E-state index < -0.39 is 0 Å². The molecule has 3 rings (SSSR count). The molecule has 1 aromatic carbocycles. The molecule has 0 bridgehead atoms. The lowest BCUT2D eigenvalue weighted by Gasteiger charge is -2.12. The molecule has 1 unspecified atom stereocenters. The van der Waals surface area contributed by atoms with E-state index in [1.165, 1.54) is 18.5 Å². The van der Waals surface area contributed by atoms with Gasteiger partial charge in [-0.15, -0.1) is 0 Å². The van der Waals surface area contributed by atoms with E-state index >= 15 is 0 Å². The molecule has 1 aliphatic rings. The van der Waals surface area contributed by atoms with E-state index in [-0.39, 0.29) is 17.8 Å². The SMILES string of the molecule is O=C(Nc1ccncc1O)c1cccc(OCC2CCCO2)c1. The van der Waals surface area contributed by atoms with Crippen LogP contribution in [0.3, 0.4) is 0 Å². The number of aromatic nitrogens is 1. The van der Waals surface area contributed by atoms with Crippen LogP contribution in [0, 0.1) is 0 Å². The van der Waals surface area contributed by atoms with Crippen molar-refractivity contribution in [1.29, 1.82) is 0 Å². The first kappa shape index (κ1) is 15.3. The summed E-state index contributed by atoms with van der Waals surface area (Å²) in [6, 6.07) is 8.45. The van der Waals surface area contributed by atoms with E-state index in [9.17, 15) is 9.90 Å². The summed E-state index contributed by atoms with van der Waals surface area (Å²) in [5.74, 6) is 0.216. The van der Waals surface area contributed by atoms with Crippen molar-refractivity contribution in [2.75, 3.05) is 18.5 Å². The highest BCUT2D eigenvalue weighted by atomic mass is 16.5. The lowest BCUT2D eigenvalue weighted by molar-refractivity contribution is 0.0679. The Bertz CT molecular complexity index is 684. The highest BCUT2D eigenvalue weighted by molar-refractivity contribution is 6.05. The summed E-state index contributed by atoms with van der Waals surface area (Å²) in [6.45, 7) is 1.27. The Kier molecular flexibility index (Phi) is 4.73. The molecule has 120 valence electrons. The summed E-state index contributed by atoms with van der Waals surface area (Å²) in [5.41, 5.74) is 0.765. The molecule has 1 saturated heterocycles. The summed E-state index contributed by atoms with van der Waals surface area (Å²) >= 11 is 0. The summed E-state index contributed by atoms with van der Waals surface area (Å²) in [7, 11) is 0. The van der Waals surface area contributed by atoms with Crippen molar-refractivity contribution in [3.8, 4) is 11.5 Å². The smallest absolute Gasteiger partial charge is 0.255 e. The average Bonchev–Trinajstić information content (AvgIpc) is 3.09. The van der Waals surface area contributed by atoms with Crippen molar-refractivity contribution in [2.45, 2.75) is 18.9 Å². The quantitative estimate of drug-likeness (QED) is 0.886. The number of rotatable bonds is 5. The zero-order valence-corrected chi connectivity index (χ0v) is 12.6. The van der Waals surface area contributed by atoms with Crippen LogP contribution in [-0.4, -0.2) is 35.3 Å². The van der Waals surface area contributed by atoms with Crippen LogP contribution < -0.4 is 10.1 Å². The topological polar surface area (TPSA) is 80.7 Å². The number of hydrogen-bond acceptors (Lipinski definition) is 5. The van der Waals surface area contributed by atoms with Crippen molar-refractivity contribution in [3.05, 3.63) is 48.3 Å². The van der Waals surface area contributed by atoms with Gasteiger partial charge < -0.3 is 19.9 Å². The van der Waals surface area contributed by atoms with Gasteiger partial charge in [0.05, 0.1) is 18.0 Å². The zero-order chi connectivity index (χ0) is 16.1. The second-order valence-corrected chi connectivity index (χ2v) is 5.32. The third-order valence-corrected chi connectivity index (χ3v) is 3.60. The lowest BCUT2D eigenvalue weighted by atomic mass is 10.2. The van der Waals surface area contributed by atoms with Gasteiger partial charge in [-0.25, -0.2) is 0 Å². The van der Waals surface area contributed by atoms with E-state index in [4.69, 9.17) is 9.47 Å². The maximum atomic E-state index is 12.3. The molecule has 1 fully saturated rings. The normalized spacial score (nSPS) is 17.0. The number of hydrogen-bond donors (Lipinski definition) is 2. The van der Waals surface area contributed by atoms with Gasteiger partial charge in [0.25, 0.3) is 5.91 Å². The fourth-order valence-electron chi connectivity index (χ4n) is 2.38. The Morgan fingerprint density at radius 2 is 2.35 bits per heavy atom. The summed E-state index contributed by atoms with van der Waals surface area (Å²) in [5, 5.41) is 12.3. The summed E-state index contributed by atoms with van der Waals surface area (Å²) in [4.78, 5) is 16.0. The van der Waals surface area contributed by atoms with Gasteiger partial charge in [-0.05, 0) is 37.1 Å². The largest absolute Gasteiger partial charge is 0.504 e. The number of amides is 1. The summed E-state index contributed by atoms with van der Waals surface area (Å²) in [6.07, 6.45) is 4.96. The van der Waals surface area contributed by atoms with E-state index in [0.29, 0.717) is 23.6 Å². The van der Waals surface area contributed by atoms with E-state index in [1.807, 2.05) is 0 Å². The van der Waals surface area contributed by atoms with Crippen LogP contribution in [0.1, 0.15) is 23.2 Å². The Labute approximate surface area is 134 Å². The Hall–Kier alpha value is -2.60. The molecule has 1 atom stereocenters. The second-order valence-electron chi connectivity index (χ2n) is 5.32. The number of nitrogens with zero attached hydrogens (tertiary/aromatic N) is 1. The molecular weight excluding hydrogens is 296 g/mol. The standard InChI is InChI=1S/C17H18N2O4/c20-16-10-18-7-6-15(16)19-17(21)12-3-1-4-13(9-12)23-11-14-5-2-8-22-14/h1,3-4,6-7,9-10,14,20H,2,5,8,11H2,(H,18,19,21). The Morgan fingerprint density at radius 3 is 3.13 bits per heavy atom. The number of benzene rings is 1. The van der Waals surface area contributed by atoms with Gasteiger partial charge in [0, 0.05) is 18.4 Å². The molecule has 23 heavy (non-hydrogen) atoms. The van der Waals surface area contributed by atoms with Gasteiger partial charge in [0.1, 0.15) is 12.4 Å². The minimum atomic E-state index is -0.325. The molecule has 6 nitrogen and oxygen atoms in total. The number of pyridine rings is 1. The minimum Gasteiger partial charge on any atom is -0.504 e. The fraction of sp³-hybridized carbons (Fsp3) is 0.294. The minimum absolute atomic E-state index is 0.0772. The first-order valence-corrected chi connectivity index (χ1v) is 7.51. The van der Waals surface area contributed by atoms with Gasteiger partial charge in [-0.1, -0.05) is 6.07 Å². The predicted molar refractivity (Wildman–Crippen MR) is 84.8 cm³/mol. The van der Waals surface area contributed by atoms with Gasteiger partial charge in [0.2, 0.25) is 0 Å². The van der Waals surface area contributed by atoms with E-state index in [0.717, 1.165) is 19.4 Å². The maximum absolute atomic E-state index is 12.3. The Balaban J connectivity index is 1.64. The van der Waals surface area contributed by atoms with Crippen LogP contribution in [0.5, 0.6) is 11.5 Å². The molecule has 0 aliphatic carbocycles. The molecule has 6 heteroatoms. The van der Waals surface area contributed by atoms with Crippen LogP contribution in [0.25, 0.3) is 0 Å². The highest BCUT2D eigenvalue weighted by Gasteiger charge is 2.16. The first-order valence-electron chi connectivity index (χ1n) is 7.51. The van der Waals surface area contributed by atoms with Crippen molar-refractivity contribution in [1.82, 2.24) is 4.98 Å². The molecular formula is C17H18N2O4. The zero-order valence-electron chi connectivity index (χ0n) is 12.6. The predicted octanol–water partition coefficient (Wildman–Crippen LogP) is 2.60. The molecule has 2 heterocycles. The van der Waals surface area contributed by atoms with E-state index in [2.05, 4.69) is 10.3 Å². The molecule has 0 radical (unpaired) electrons. The third-order valence-electron chi connectivity index (χ3n) is 3.60. The number of carbonyl (C=O) groups excluding carboxylic acids is 1. The second kappa shape index (κ2) is 7.11. The van der Waals surface area contributed by atoms with Gasteiger partial charge in [-0.2, -0.15) is 0 Å². The van der Waals surface area contributed by atoms with Crippen LogP contribution in [0.15, 0.2) is 42.7 Å². The van der Waals surface area contributed by atoms with Crippen molar-refractivity contribution < 1.29 is 19.4 Å². The molecule has 0 spiro atoms. The number of carbonyl (C=O) groups is 1. The van der Waals surface area contributed by atoms with Crippen molar-refractivity contribution >= 4 is 11.6 Å². The Morgan fingerprint density at radius 1 is 1.43 bits per heavy atom. The van der Waals surface area contributed by atoms with Crippen LogP contribution in [0.2, 0.25) is 0 Å². The molecule has 1 aliphatic heterocycles. The average molecular weight is 314 g/mol.